The number of halogens is 2. The quantitative estimate of drug-likeness (QED) is 0.366. The molecule has 2 heterocycles. The van der Waals surface area contributed by atoms with Crippen molar-refractivity contribution in [2.45, 2.75) is 45.2 Å². The summed E-state index contributed by atoms with van der Waals surface area (Å²) in [6.07, 6.45) is -1.96. The molecule has 1 aliphatic rings. The number of esters is 1. The molecule has 0 amide bonds. The first-order valence-electron chi connectivity index (χ1n) is 11.0. The zero-order chi connectivity index (χ0) is 25.8. The summed E-state index contributed by atoms with van der Waals surface area (Å²) in [6.45, 7) is -0.407. The van der Waals surface area contributed by atoms with Gasteiger partial charge in [-0.15, -0.1) is 0 Å². The number of aromatic amines is 1. The minimum Gasteiger partial charge on any atom is -0.459 e. The Balaban J connectivity index is 1.96. The van der Waals surface area contributed by atoms with E-state index in [0.717, 1.165) is 4.57 Å². The average Bonchev–Trinajstić information content (AvgIpc) is 3.25. The third kappa shape index (κ3) is 5.62. The molecule has 0 saturated carbocycles. The zero-order valence-electron chi connectivity index (χ0n) is 19.4. The first-order valence-corrected chi connectivity index (χ1v) is 13.6. The lowest BCUT2D eigenvalue weighted by molar-refractivity contribution is -0.0740. The molecule has 2 aromatic rings. The molecule has 9 nitrogen and oxygen atoms in total. The Morgan fingerprint density at radius 1 is 1.23 bits per heavy atom. The highest BCUT2D eigenvalue weighted by Gasteiger charge is 2.61. The van der Waals surface area contributed by atoms with Gasteiger partial charge in [-0.3, -0.25) is 4.79 Å². The van der Waals surface area contributed by atoms with Crippen molar-refractivity contribution in [3.63, 3.8) is 0 Å². The van der Waals surface area contributed by atoms with Gasteiger partial charge in [0, 0.05) is 18.2 Å². The molecule has 192 valence electrons. The largest absolute Gasteiger partial charge is 0.459 e. The highest BCUT2D eigenvalue weighted by molar-refractivity contribution is 8.10. The summed E-state index contributed by atoms with van der Waals surface area (Å²) in [6, 6.07) is 8.01. The van der Waals surface area contributed by atoms with Crippen LogP contribution < -0.4 is 11.2 Å². The van der Waals surface area contributed by atoms with Gasteiger partial charge in [-0.05, 0) is 44.7 Å². The van der Waals surface area contributed by atoms with Crippen LogP contribution >= 0.6 is 6.49 Å². The highest BCUT2D eigenvalue weighted by atomic mass is 32.5. The fourth-order valence-corrected chi connectivity index (χ4v) is 6.64. The smallest absolute Gasteiger partial charge is 0.338 e. The number of H-pyrrole nitrogens is 1. The predicted octanol–water partition coefficient (Wildman–Crippen LogP) is 3.58. The molecule has 3 rings (SSSR count). The maximum Gasteiger partial charge on any atom is 0.338 e. The minimum atomic E-state index is -4.16. The summed E-state index contributed by atoms with van der Waals surface area (Å²) in [5.74, 6) is -2.40. The van der Waals surface area contributed by atoms with Crippen LogP contribution in [0.25, 0.3) is 0 Å². The number of aryl methyl sites for hydroxylation is 1. The van der Waals surface area contributed by atoms with E-state index in [1.54, 1.807) is 18.2 Å². The van der Waals surface area contributed by atoms with Gasteiger partial charge in [-0.2, -0.15) is 8.78 Å². The summed E-state index contributed by atoms with van der Waals surface area (Å²) in [7, 11) is 0. The Labute approximate surface area is 205 Å². The SMILES string of the molecule is CCOP(=S)(OCC)C(F)(F)[C@H]1C[C@H](n2c(=O)[nH]cc(C)c2=O)O[C@@H]1COC(=O)c1ccccc1. The average molecular weight is 533 g/mol. The van der Waals surface area contributed by atoms with E-state index in [2.05, 4.69) is 4.98 Å². The van der Waals surface area contributed by atoms with Gasteiger partial charge < -0.3 is 23.5 Å². The molecule has 1 aromatic carbocycles. The lowest BCUT2D eigenvalue weighted by Gasteiger charge is -2.34. The van der Waals surface area contributed by atoms with Crippen molar-refractivity contribution in [1.82, 2.24) is 9.55 Å². The third-order valence-electron chi connectivity index (χ3n) is 5.51. The fraction of sp³-hybridized carbons (Fsp3) is 0.500. The number of carbonyl (C=O) groups excluding carboxylic acids is 1. The molecule has 3 atom stereocenters. The Bertz CT molecular complexity index is 1190. The van der Waals surface area contributed by atoms with Crippen LogP contribution in [0.4, 0.5) is 8.78 Å². The normalized spacial score (nSPS) is 20.7. The van der Waals surface area contributed by atoms with Crippen molar-refractivity contribution in [3.05, 3.63) is 68.5 Å². The van der Waals surface area contributed by atoms with E-state index in [-0.39, 0.29) is 24.3 Å². The Hall–Kier alpha value is -2.24. The maximum atomic E-state index is 15.9. The van der Waals surface area contributed by atoms with Gasteiger partial charge in [0.15, 0.2) is 0 Å². The van der Waals surface area contributed by atoms with Gasteiger partial charge in [0.25, 0.3) is 12.1 Å². The molecule has 1 aromatic heterocycles. The highest BCUT2D eigenvalue weighted by Crippen LogP contribution is 2.67. The van der Waals surface area contributed by atoms with Gasteiger partial charge >= 0.3 is 17.3 Å². The van der Waals surface area contributed by atoms with Gasteiger partial charge in [-0.25, -0.2) is 14.2 Å². The number of aromatic nitrogens is 2. The molecule has 0 aliphatic carbocycles. The van der Waals surface area contributed by atoms with Crippen LogP contribution in [0.5, 0.6) is 0 Å². The van der Waals surface area contributed by atoms with Gasteiger partial charge in [0.1, 0.15) is 18.9 Å². The molecular formula is C22H27F2N2O7PS. The predicted molar refractivity (Wildman–Crippen MR) is 127 cm³/mol. The summed E-state index contributed by atoms with van der Waals surface area (Å²) in [5, 5.41) is 0. The lowest BCUT2D eigenvalue weighted by atomic mass is 10.0. The van der Waals surface area contributed by atoms with Crippen LogP contribution in [0.3, 0.4) is 0 Å². The zero-order valence-corrected chi connectivity index (χ0v) is 21.2. The number of ether oxygens (including phenoxy) is 2. The van der Waals surface area contributed by atoms with Gasteiger partial charge in [0.05, 0.1) is 24.7 Å². The maximum absolute atomic E-state index is 15.9. The van der Waals surface area contributed by atoms with Crippen molar-refractivity contribution in [1.29, 1.82) is 0 Å². The van der Waals surface area contributed by atoms with Crippen LogP contribution in [0, 0.1) is 12.8 Å². The third-order valence-corrected chi connectivity index (χ3v) is 9.13. The molecular weight excluding hydrogens is 505 g/mol. The van der Waals surface area contributed by atoms with Crippen LogP contribution in [0.15, 0.2) is 46.1 Å². The molecule has 1 N–H and O–H groups in total. The number of carbonyl (C=O) groups is 1. The summed E-state index contributed by atoms with van der Waals surface area (Å²) in [4.78, 5) is 39.8. The molecule has 0 spiro atoms. The molecule has 0 bridgehead atoms. The second kappa shape index (κ2) is 11.2. The van der Waals surface area contributed by atoms with Crippen molar-refractivity contribution < 1.29 is 32.1 Å². The number of hydrogen-bond donors (Lipinski definition) is 1. The van der Waals surface area contributed by atoms with Gasteiger partial charge in [0.2, 0.25) is 0 Å². The number of benzene rings is 1. The molecule has 0 unspecified atom stereocenters. The van der Waals surface area contributed by atoms with Crippen LogP contribution in [-0.2, 0) is 30.3 Å². The van der Waals surface area contributed by atoms with Crippen LogP contribution in [0.2, 0.25) is 0 Å². The topological polar surface area (TPSA) is 109 Å². The van der Waals surface area contributed by atoms with Crippen molar-refractivity contribution >= 4 is 24.3 Å². The van der Waals surface area contributed by atoms with E-state index in [1.807, 2.05) is 0 Å². The van der Waals surface area contributed by atoms with E-state index in [4.69, 9.17) is 30.3 Å². The van der Waals surface area contributed by atoms with E-state index >= 15 is 8.78 Å². The summed E-state index contributed by atoms with van der Waals surface area (Å²) < 4.78 is 54.1. The number of alkyl halides is 2. The van der Waals surface area contributed by atoms with E-state index in [9.17, 15) is 14.4 Å². The van der Waals surface area contributed by atoms with E-state index in [0.29, 0.717) is 0 Å². The number of nitrogens with zero attached hydrogens (tertiary/aromatic N) is 1. The van der Waals surface area contributed by atoms with Crippen molar-refractivity contribution in [2.75, 3.05) is 19.8 Å². The monoisotopic (exact) mass is 532 g/mol. The minimum absolute atomic E-state index is 0.103. The standard InChI is InChI=1S/C22H27F2N2O7PS/c1-4-31-34(35,32-5-2)22(23,24)16-11-18(26-19(27)14(3)12-25-21(26)29)33-17(16)13-30-20(28)15-9-7-6-8-10-15/h6-10,12,16-18H,4-5,11,13H2,1-3H3,(H,25,29)/t16-,17+,18+/m0/s1. The first kappa shape index (κ1) is 27.3. The molecule has 13 heteroatoms. The second-order valence-corrected chi connectivity index (χ2v) is 11.4. The number of hydrogen-bond acceptors (Lipinski definition) is 8. The van der Waals surface area contributed by atoms with E-state index in [1.165, 1.54) is 39.1 Å². The molecule has 1 aliphatic heterocycles. The number of nitrogens with one attached hydrogen (secondary N) is 1. The molecule has 35 heavy (non-hydrogen) atoms. The van der Waals surface area contributed by atoms with E-state index < -0.39 is 60.7 Å². The second-order valence-electron chi connectivity index (χ2n) is 7.81. The Morgan fingerprint density at radius 2 is 1.86 bits per heavy atom. The van der Waals surface area contributed by atoms with Crippen LogP contribution in [-0.4, -0.2) is 47.1 Å². The van der Waals surface area contributed by atoms with Crippen molar-refractivity contribution in [2.24, 2.45) is 5.92 Å². The molecule has 0 radical (unpaired) electrons. The van der Waals surface area contributed by atoms with Crippen molar-refractivity contribution in [3.8, 4) is 0 Å². The Kier molecular flexibility index (Phi) is 8.76. The summed E-state index contributed by atoms with van der Waals surface area (Å²) >= 11 is 5.18. The van der Waals surface area contributed by atoms with Crippen LogP contribution in [0.1, 0.15) is 42.4 Å². The molecule has 1 fully saturated rings. The number of rotatable bonds is 10. The Morgan fingerprint density at radius 3 is 2.46 bits per heavy atom. The molecule has 1 saturated heterocycles. The fourth-order valence-electron chi connectivity index (χ4n) is 3.82. The summed E-state index contributed by atoms with van der Waals surface area (Å²) in [5.41, 5.74) is -4.79. The lowest BCUT2D eigenvalue weighted by Crippen LogP contribution is -2.39. The van der Waals surface area contributed by atoms with Gasteiger partial charge in [-0.1, -0.05) is 18.2 Å². The first-order chi connectivity index (χ1) is 16.6.